The summed E-state index contributed by atoms with van der Waals surface area (Å²) < 4.78 is 2.40. The zero-order valence-electron chi connectivity index (χ0n) is 19.7. The number of fused-ring (bicyclic) bond motifs is 2. The predicted molar refractivity (Wildman–Crippen MR) is 134 cm³/mol. The van der Waals surface area contributed by atoms with Gasteiger partial charge in [0.25, 0.3) is 5.82 Å². The van der Waals surface area contributed by atoms with Crippen LogP contribution in [-0.2, 0) is 7.05 Å². The Bertz CT molecular complexity index is 1170. The number of hydrogen-bond acceptors (Lipinski definition) is 1. The number of rotatable bonds is 2. The standard InChI is InChI=1S/C28H34BN2/c1-28(2,3)24-19-31(29(4)25-16-10-8-15-22(24)25)27-18-23(20-12-6-7-13-20)21-14-9-11-17-26(21)30(27)5/h8-11,14-20H,6-7,12-13H2,1-5H3/q+1. The summed E-state index contributed by atoms with van der Waals surface area (Å²) in [5, 5.41) is 1.42. The van der Waals surface area contributed by atoms with Crippen LogP contribution in [0.15, 0.2) is 60.8 Å². The minimum absolute atomic E-state index is 0.0815. The van der Waals surface area contributed by atoms with Gasteiger partial charge in [0.1, 0.15) is 5.52 Å². The molecule has 2 aliphatic rings. The SMILES string of the molecule is CB1c2ccccc2C(C(C)(C)C)=CN1c1cc(C2CCCC2)c2ccccc2[n+]1C. The molecule has 0 atom stereocenters. The quantitative estimate of drug-likeness (QED) is 0.369. The molecule has 3 heteroatoms. The molecule has 2 aromatic carbocycles. The number of allylic oxidation sites excluding steroid dienone is 1. The van der Waals surface area contributed by atoms with Crippen LogP contribution in [0.3, 0.4) is 0 Å². The second-order valence-electron chi connectivity index (χ2n) is 10.5. The average Bonchev–Trinajstić information content (AvgIpc) is 3.29. The lowest BCUT2D eigenvalue weighted by molar-refractivity contribution is -0.631. The van der Waals surface area contributed by atoms with Crippen LogP contribution in [0.25, 0.3) is 16.5 Å². The molecule has 5 rings (SSSR count). The number of nitrogens with zero attached hydrogens (tertiary/aromatic N) is 2. The van der Waals surface area contributed by atoms with E-state index in [2.05, 4.69) is 105 Å². The first kappa shape index (κ1) is 20.4. The summed E-state index contributed by atoms with van der Waals surface area (Å²) in [5.74, 6) is 1.98. The Hall–Kier alpha value is -2.55. The van der Waals surface area contributed by atoms with Crippen LogP contribution in [0, 0.1) is 5.41 Å². The highest BCUT2D eigenvalue weighted by Crippen LogP contribution is 2.40. The molecular formula is C28H34BN2+. The van der Waals surface area contributed by atoms with E-state index in [0.717, 1.165) is 0 Å². The first-order chi connectivity index (χ1) is 14.9. The molecule has 158 valence electrons. The molecule has 2 heterocycles. The maximum absolute atomic E-state index is 2.52. The molecule has 1 saturated carbocycles. The van der Waals surface area contributed by atoms with E-state index < -0.39 is 0 Å². The van der Waals surface area contributed by atoms with Gasteiger partial charge in [-0.3, -0.25) is 4.81 Å². The summed E-state index contributed by atoms with van der Waals surface area (Å²) in [5.41, 5.74) is 7.19. The molecule has 31 heavy (non-hydrogen) atoms. The fourth-order valence-corrected chi connectivity index (χ4v) is 5.71. The van der Waals surface area contributed by atoms with E-state index in [0.29, 0.717) is 12.8 Å². The molecule has 0 radical (unpaired) electrons. The van der Waals surface area contributed by atoms with Crippen LogP contribution < -0.4 is 14.8 Å². The smallest absolute Gasteiger partial charge is 0.293 e. The first-order valence-electron chi connectivity index (χ1n) is 11.9. The van der Waals surface area contributed by atoms with Gasteiger partial charge in [-0.2, -0.15) is 0 Å². The Labute approximate surface area is 187 Å². The van der Waals surface area contributed by atoms with Crippen molar-refractivity contribution in [3.05, 3.63) is 71.9 Å². The number of anilines is 1. The van der Waals surface area contributed by atoms with Crippen molar-refractivity contribution in [2.24, 2.45) is 12.5 Å². The lowest BCUT2D eigenvalue weighted by Gasteiger charge is -2.33. The fraction of sp³-hybridized carbons (Fsp3) is 0.393. The van der Waals surface area contributed by atoms with Crippen molar-refractivity contribution in [2.45, 2.75) is 59.2 Å². The molecule has 1 aliphatic heterocycles. The molecule has 0 amide bonds. The second-order valence-corrected chi connectivity index (χ2v) is 10.5. The molecule has 0 unspecified atom stereocenters. The van der Waals surface area contributed by atoms with Crippen molar-refractivity contribution in [1.29, 1.82) is 0 Å². The van der Waals surface area contributed by atoms with Crippen molar-refractivity contribution >= 4 is 34.6 Å². The van der Waals surface area contributed by atoms with Gasteiger partial charge in [0.15, 0.2) is 0 Å². The monoisotopic (exact) mass is 409 g/mol. The zero-order chi connectivity index (χ0) is 21.8. The topological polar surface area (TPSA) is 7.12 Å². The highest BCUT2D eigenvalue weighted by Gasteiger charge is 2.39. The Kier molecular flexibility index (Phi) is 4.96. The highest BCUT2D eigenvalue weighted by molar-refractivity contribution is 6.77. The van der Waals surface area contributed by atoms with E-state index in [4.69, 9.17) is 0 Å². The molecule has 3 aromatic rings. The number of aromatic nitrogens is 1. The van der Waals surface area contributed by atoms with Gasteiger partial charge < -0.3 is 0 Å². The van der Waals surface area contributed by atoms with Crippen molar-refractivity contribution in [2.75, 3.05) is 4.81 Å². The normalized spacial score (nSPS) is 17.3. The van der Waals surface area contributed by atoms with E-state index in [1.165, 1.54) is 64.6 Å². The largest absolute Gasteiger partial charge is 0.409 e. The highest BCUT2D eigenvalue weighted by atomic mass is 15.2. The lowest BCUT2D eigenvalue weighted by Crippen LogP contribution is -2.52. The number of pyridine rings is 1. The van der Waals surface area contributed by atoms with Crippen molar-refractivity contribution in [3.8, 4) is 0 Å². The van der Waals surface area contributed by atoms with Crippen LogP contribution in [-0.4, -0.2) is 6.85 Å². The molecule has 0 N–H and O–H groups in total. The third-order valence-electron chi connectivity index (χ3n) is 7.46. The van der Waals surface area contributed by atoms with Crippen molar-refractivity contribution < 1.29 is 4.57 Å². The van der Waals surface area contributed by atoms with Gasteiger partial charge in [-0.05, 0) is 53.7 Å². The summed E-state index contributed by atoms with van der Waals surface area (Å²) in [6.45, 7) is 9.63. The molecule has 2 nitrogen and oxygen atoms in total. The fourth-order valence-electron chi connectivity index (χ4n) is 5.71. The molecular weight excluding hydrogens is 375 g/mol. The number of aryl methyl sites for hydroxylation is 1. The number of para-hydroxylation sites is 1. The lowest BCUT2D eigenvalue weighted by atomic mass is 9.52. The van der Waals surface area contributed by atoms with Gasteiger partial charge in [-0.15, -0.1) is 0 Å². The third kappa shape index (κ3) is 3.39. The van der Waals surface area contributed by atoms with Gasteiger partial charge in [0, 0.05) is 17.0 Å². The van der Waals surface area contributed by atoms with E-state index in [1.54, 1.807) is 0 Å². The molecule has 0 spiro atoms. The maximum atomic E-state index is 2.52. The van der Waals surface area contributed by atoms with E-state index >= 15 is 0 Å². The number of benzene rings is 2. The summed E-state index contributed by atoms with van der Waals surface area (Å²) in [4.78, 5) is 2.52. The first-order valence-corrected chi connectivity index (χ1v) is 11.9. The summed E-state index contributed by atoms with van der Waals surface area (Å²) in [6, 6.07) is 20.4. The van der Waals surface area contributed by atoms with Crippen LogP contribution in [0.4, 0.5) is 5.82 Å². The van der Waals surface area contributed by atoms with E-state index in [-0.39, 0.29) is 5.41 Å². The summed E-state index contributed by atoms with van der Waals surface area (Å²) in [6.07, 6.45) is 7.78. The Balaban J connectivity index is 1.74. The molecule has 1 aliphatic carbocycles. The Morgan fingerprint density at radius 1 is 0.968 bits per heavy atom. The van der Waals surface area contributed by atoms with Crippen molar-refractivity contribution in [3.63, 3.8) is 0 Å². The van der Waals surface area contributed by atoms with Gasteiger partial charge in [0.2, 0.25) is 0 Å². The summed E-state index contributed by atoms with van der Waals surface area (Å²) >= 11 is 0. The van der Waals surface area contributed by atoms with Gasteiger partial charge in [0.05, 0.1) is 13.2 Å². The predicted octanol–water partition coefficient (Wildman–Crippen LogP) is 6.06. The second kappa shape index (κ2) is 7.55. The van der Waals surface area contributed by atoms with Crippen LogP contribution >= 0.6 is 0 Å². The van der Waals surface area contributed by atoms with Gasteiger partial charge in [-0.1, -0.05) is 76.1 Å². The zero-order valence-corrected chi connectivity index (χ0v) is 19.7. The molecule has 0 saturated heterocycles. The van der Waals surface area contributed by atoms with Crippen molar-refractivity contribution in [1.82, 2.24) is 0 Å². The maximum Gasteiger partial charge on any atom is 0.409 e. The van der Waals surface area contributed by atoms with E-state index in [9.17, 15) is 0 Å². The minimum Gasteiger partial charge on any atom is -0.293 e. The molecule has 1 fully saturated rings. The van der Waals surface area contributed by atoms with Gasteiger partial charge >= 0.3 is 6.85 Å². The molecule has 0 bridgehead atoms. The Morgan fingerprint density at radius 2 is 1.65 bits per heavy atom. The van der Waals surface area contributed by atoms with Crippen LogP contribution in [0.1, 0.15) is 63.5 Å². The van der Waals surface area contributed by atoms with Crippen LogP contribution in [0.2, 0.25) is 6.82 Å². The van der Waals surface area contributed by atoms with Crippen LogP contribution in [0.5, 0.6) is 0 Å². The van der Waals surface area contributed by atoms with E-state index in [1.807, 2.05) is 0 Å². The number of hydrogen-bond donors (Lipinski definition) is 0. The third-order valence-corrected chi connectivity index (χ3v) is 7.46. The average molecular weight is 409 g/mol. The Morgan fingerprint density at radius 3 is 2.39 bits per heavy atom. The summed E-state index contributed by atoms with van der Waals surface area (Å²) in [7, 11) is 2.23. The van der Waals surface area contributed by atoms with Gasteiger partial charge in [-0.25, -0.2) is 4.57 Å². The minimum atomic E-state index is 0.0815. The molecule has 1 aromatic heterocycles.